The fourth-order valence-electron chi connectivity index (χ4n) is 3.97. The molecular formula is C26H22FN7O. The smallest absolute Gasteiger partial charge is 0.323 e. The summed E-state index contributed by atoms with van der Waals surface area (Å²) in [5, 5.41) is 13.3. The first kappa shape index (κ1) is 22.1. The van der Waals surface area contributed by atoms with E-state index in [0.717, 1.165) is 33.2 Å². The molecule has 9 heteroatoms. The lowest BCUT2D eigenvalue weighted by atomic mass is 9.96. The summed E-state index contributed by atoms with van der Waals surface area (Å²) in [6, 6.07) is 18.9. The molecule has 0 aliphatic carbocycles. The molecule has 0 saturated carbocycles. The number of hydrogen-bond donors (Lipinski definition) is 5. The second-order valence-electron chi connectivity index (χ2n) is 7.94. The zero-order chi connectivity index (χ0) is 24.4. The number of benzene rings is 3. The molecule has 0 atom stereocenters. The van der Waals surface area contributed by atoms with Crippen molar-refractivity contribution in [1.29, 1.82) is 0 Å². The minimum atomic E-state index is -0.562. The highest BCUT2D eigenvalue weighted by Crippen LogP contribution is 2.37. The van der Waals surface area contributed by atoms with Gasteiger partial charge in [0.05, 0.1) is 16.6 Å². The number of amides is 2. The van der Waals surface area contributed by atoms with Crippen LogP contribution in [0.5, 0.6) is 0 Å². The van der Waals surface area contributed by atoms with Crippen LogP contribution in [0.15, 0.2) is 79.1 Å². The number of aromatic amines is 1. The molecule has 174 valence electrons. The average Bonchev–Trinajstić information content (AvgIpc) is 3.27. The van der Waals surface area contributed by atoms with E-state index < -0.39 is 11.8 Å². The molecule has 2 heterocycles. The number of hydrogen-bond acceptors (Lipinski definition) is 5. The first-order valence-electron chi connectivity index (χ1n) is 10.9. The number of pyridine rings is 1. The summed E-state index contributed by atoms with van der Waals surface area (Å²) in [6.45, 7) is 0.246. The molecule has 0 aliphatic rings. The van der Waals surface area contributed by atoms with Gasteiger partial charge in [0.2, 0.25) is 0 Å². The van der Waals surface area contributed by atoms with E-state index in [9.17, 15) is 9.18 Å². The van der Waals surface area contributed by atoms with E-state index in [4.69, 9.17) is 11.5 Å². The van der Waals surface area contributed by atoms with E-state index in [1.54, 1.807) is 30.6 Å². The summed E-state index contributed by atoms with van der Waals surface area (Å²) in [5.41, 5.74) is 17.6. The Balaban J connectivity index is 1.39. The third-order valence-electron chi connectivity index (χ3n) is 5.69. The number of anilines is 3. The van der Waals surface area contributed by atoms with Crippen LogP contribution in [-0.4, -0.2) is 21.2 Å². The van der Waals surface area contributed by atoms with E-state index in [0.29, 0.717) is 17.1 Å². The molecular weight excluding hydrogens is 445 g/mol. The number of nitrogens with two attached hydrogens (primary N) is 2. The highest BCUT2D eigenvalue weighted by Gasteiger charge is 2.15. The van der Waals surface area contributed by atoms with Crippen molar-refractivity contribution in [2.75, 3.05) is 16.4 Å². The highest BCUT2D eigenvalue weighted by molar-refractivity contribution is 6.08. The predicted octanol–water partition coefficient (Wildman–Crippen LogP) is 5.12. The van der Waals surface area contributed by atoms with Crippen molar-refractivity contribution in [2.24, 2.45) is 5.73 Å². The Kier molecular flexibility index (Phi) is 5.82. The zero-order valence-electron chi connectivity index (χ0n) is 18.5. The van der Waals surface area contributed by atoms with Crippen molar-refractivity contribution < 1.29 is 9.18 Å². The van der Waals surface area contributed by atoms with Gasteiger partial charge in [0, 0.05) is 35.8 Å². The lowest BCUT2D eigenvalue weighted by Gasteiger charge is -2.11. The van der Waals surface area contributed by atoms with Gasteiger partial charge in [-0.05, 0) is 47.0 Å². The van der Waals surface area contributed by atoms with E-state index in [1.807, 2.05) is 36.4 Å². The third-order valence-corrected chi connectivity index (χ3v) is 5.69. The van der Waals surface area contributed by atoms with Crippen LogP contribution in [0, 0.1) is 5.82 Å². The van der Waals surface area contributed by atoms with Gasteiger partial charge < -0.3 is 22.1 Å². The summed E-state index contributed by atoms with van der Waals surface area (Å²) in [7, 11) is 0. The number of nitrogens with one attached hydrogen (secondary N) is 3. The number of nitrogens with zero attached hydrogens (tertiary/aromatic N) is 2. The molecule has 0 radical (unpaired) electrons. The number of halogens is 1. The van der Waals surface area contributed by atoms with Gasteiger partial charge in [-0.3, -0.25) is 10.1 Å². The Labute approximate surface area is 200 Å². The number of urea groups is 1. The molecule has 5 rings (SSSR count). The Morgan fingerprint density at radius 1 is 0.971 bits per heavy atom. The maximum atomic E-state index is 14.0. The monoisotopic (exact) mass is 467 g/mol. The Bertz CT molecular complexity index is 1510. The fourth-order valence-corrected chi connectivity index (χ4v) is 3.97. The number of carbonyl (C=O) groups is 1. The molecule has 8 nitrogen and oxygen atoms in total. The maximum Gasteiger partial charge on any atom is 0.323 e. The quantitative estimate of drug-likeness (QED) is 0.245. The fraction of sp³-hybridized carbons (Fsp3) is 0.0385. The number of rotatable bonds is 5. The molecule has 0 bridgehead atoms. The first-order chi connectivity index (χ1) is 17.0. The zero-order valence-corrected chi connectivity index (χ0v) is 18.5. The minimum absolute atomic E-state index is 0.0635. The SMILES string of the molecule is NCc1ccc(F)c(NC(=O)Nc2ccc(-c3ccc(-c4cccnc4)c4[nH]nc(N)c34)cc2)c1. The molecule has 2 aromatic heterocycles. The second kappa shape index (κ2) is 9.24. The summed E-state index contributed by atoms with van der Waals surface area (Å²) in [6.07, 6.45) is 3.51. The van der Waals surface area contributed by atoms with Crippen molar-refractivity contribution in [3.63, 3.8) is 0 Å². The standard InChI is InChI=1S/C26H22FN7O/c27-21-10-3-15(13-28)12-22(21)32-26(35)31-18-6-4-16(5-7-18)19-8-9-20(17-2-1-11-30-14-17)24-23(19)25(29)34-33-24/h1-12,14H,13,28H2,(H3,29,33,34)(H2,31,32,35). The van der Waals surface area contributed by atoms with E-state index >= 15 is 0 Å². The first-order valence-corrected chi connectivity index (χ1v) is 10.9. The van der Waals surface area contributed by atoms with Crippen LogP contribution in [-0.2, 0) is 6.54 Å². The highest BCUT2D eigenvalue weighted by atomic mass is 19.1. The molecule has 3 aromatic carbocycles. The number of nitrogen functional groups attached to an aromatic ring is 1. The second-order valence-corrected chi connectivity index (χ2v) is 7.94. The molecule has 0 saturated heterocycles. The van der Waals surface area contributed by atoms with Gasteiger partial charge in [0.15, 0.2) is 5.82 Å². The van der Waals surface area contributed by atoms with Gasteiger partial charge in [-0.1, -0.05) is 36.4 Å². The molecule has 7 N–H and O–H groups in total. The summed E-state index contributed by atoms with van der Waals surface area (Å²) >= 11 is 0. The molecule has 35 heavy (non-hydrogen) atoms. The summed E-state index contributed by atoms with van der Waals surface area (Å²) in [4.78, 5) is 16.6. The van der Waals surface area contributed by atoms with Crippen LogP contribution in [0.25, 0.3) is 33.2 Å². The molecule has 2 amide bonds. The van der Waals surface area contributed by atoms with Crippen molar-refractivity contribution in [3.05, 3.63) is 90.5 Å². The number of aromatic nitrogens is 3. The van der Waals surface area contributed by atoms with Gasteiger partial charge in [-0.25, -0.2) is 9.18 Å². The third kappa shape index (κ3) is 4.40. The van der Waals surface area contributed by atoms with Crippen molar-refractivity contribution in [3.8, 4) is 22.3 Å². The normalized spacial score (nSPS) is 10.9. The van der Waals surface area contributed by atoms with Gasteiger partial charge in [0.1, 0.15) is 5.82 Å². The van der Waals surface area contributed by atoms with Crippen molar-refractivity contribution in [2.45, 2.75) is 6.54 Å². The van der Waals surface area contributed by atoms with Crippen LogP contribution < -0.4 is 22.1 Å². The largest absolute Gasteiger partial charge is 0.382 e. The molecule has 5 aromatic rings. The van der Waals surface area contributed by atoms with Crippen LogP contribution in [0.4, 0.5) is 26.4 Å². The number of fused-ring (bicyclic) bond motifs is 1. The maximum absolute atomic E-state index is 14.0. The number of carbonyl (C=O) groups excluding carboxylic acids is 1. The van der Waals surface area contributed by atoms with E-state index in [-0.39, 0.29) is 12.2 Å². The average molecular weight is 468 g/mol. The van der Waals surface area contributed by atoms with Crippen molar-refractivity contribution in [1.82, 2.24) is 15.2 Å². The minimum Gasteiger partial charge on any atom is -0.382 e. The van der Waals surface area contributed by atoms with Crippen LogP contribution in [0.1, 0.15) is 5.56 Å². The lowest BCUT2D eigenvalue weighted by molar-refractivity contribution is 0.262. The molecule has 0 spiro atoms. The van der Waals surface area contributed by atoms with Gasteiger partial charge in [0.25, 0.3) is 0 Å². The Morgan fingerprint density at radius 2 is 1.77 bits per heavy atom. The van der Waals surface area contributed by atoms with E-state index in [1.165, 1.54) is 12.1 Å². The summed E-state index contributed by atoms with van der Waals surface area (Å²) < 4.78 is 14.0. The Morgan fingerprint density at radius 3 is 2.51 bits per heavy atom. The van der Waals surface area contributed by atoms with Crippen LogP contribution in [0.3, 0.4) is 0 Å². The van der Waals surface area contributed by atoms with Gasteiger partial charge in [-0.2, -0.15) is 5.10 Å². The summed E-state index contributed by atoms with van der Waals surface area (Å²) in [5.74, 6) is -0.145. The van der Waals surface area contributed by atoms with Gasteiger partial charge >= 0.3 is 6.03 Å². The molecule has 0 fully saturated rings. The predicted molar refractivity (Wildman–Crippen MR) is 136 cm³/mol. The lowest BCUT2D eigenvalue weighted by Crippen LogP contribution is -2.20. The van der Waals surface area contributed by atoms with Gasteiger partial charge in [-0.15, -0.1) is 0 Å². The van der Waals surface area contributed by atoms with Crippen molar-refractivity contribution >= 4 is 34.1 Å². The van der Waals surface area contributed by atoms with E-state index in [2.05, 4.69) is 25.8 Å². The Hall–Kier alpha value is -4.76. The molecule has 0 aliphatic heterocycles. The topological polar surface area (TPSA) is 135 Å². The van der Waals surface area contributed by atoms with Crippen LogP contribution in [0.2, 0.25) is 0 Å². The van der Waals surface area contributed by atoms with Crippen LogP contribution >= 0.6 is 0 Å². The molecule has 0 unspecified atom stereocenters. The number of H-pyrrole nitrogens is 1.